The van der Waals surface area contributed by atoms with Crippen molar-refractivity contribution in [1.82, 2.24) is 24.9 Å². The first kappa shape index (κ1) is 13.1. The zero-order chi connectivity index (χ0) is 14.9. The number of hydrogen-bond acceptors (Lipinski definition) is 3. The van der Waals surface area contributed by atoms with Crippen LogP contribution in [0.5, 0.6) is 0 Å². The summed E-state index contributed by atoms with van der Waals surface area (Å²) in [6.45, 7) is 2.44. The van der Waals surface area contributed by atoms with Gasteiger partial charge in [0.2, 0.25) is 5.91 Å². The second kappa shape index (κ2) is 5.29. The van der Waals surface area contributed by atoms with Gasteiger partial charge in [-0.15, -0.1) is 5.10 Å². The molecule has 1 amide bonds. The molecular formula is C16H17N5O. The van der Waals surface area contributed by atoms with Crippen molar-refractivity contribution in [2.45, 2.75) is 13.0 Å². The van der Waals surface area contributed by atoms with Gasteiger partial charge in [0.25, 0.3) is 0 Å². The van der Waals surface area contributed by atoms with E-state index in [1.165, 1.54) is 0 Å². The molecule has 1 fully saturated rings. The summed E-state index contributed by atoms with van der Waals surface area (Å²) in [6.07, 6.45) is 5.93. The number of hydrogen-bond donors (Lipinski definition) is 1. The molecule has 2 aromatic heterocycles. The fraction of sp³-hybridized carbons (Fsp3) is 0.312. The Hall–Kier alpha value is -2.63. The highest BCUT2D eigenvalue weighted by molar-refractivity contribution is 5.89. The second-order valence-electron chi connectivity index (χ2n) is 5.83. The Labute approximate surface area is 127 Å². The van der Waals surface area contributed by atoms with Crippen LogP contribution in [-0.4, -0.2) is 43.9 Å². The molecule has 0 aliphatic carbocycles. The van der Waals surface area contributed by atoms with Crippen LogP contribution in [0.2, 0.25) is 0 Å². The van der Waals surface area contributed by atoms with E-state index in [1.54, 1.807) is 6.20 Å². The number of para-hydroxylation sites is 1. The lowest BCUT2D eigenvalue weighted by Crippen LogP contribution is -2.51. The van der Waals surface area contributed by atoms with E-state index < -0.39 is 0 Å². The van der Waals surface area contributed by atoms with Gasteiger partial charge in [0, 0.05) is 48.8 Å². The number of aromatic nitrogens is 4. The van der Waals surface area contributed by atoms with E-state index in [0.717, 1.165) is 36.1 Å². The maximum absolute atomic E-state index is 12.4. The van der Waals surface area contributed by atoms with Gasteiger partial charge in [-0.25, -0.2) is 0 Å². The molecule has 1 saturated heterocycles. The number of aromatic amines is 1. The molecule has 1 aliphatic heterocycles. The van der Waals surface area contributed by atoms with Crippen LogP contribution >= 0.6 is 0 Å². The van der Waals surface area contributed by atoms with Crippen molar-refractivity contribution in [3.63, 3.8) is 0 Å². The Bertz CT molecular complexity index is 786. The SMILES string of the molecule is O=C(Cc1c[nH]c2ccccc12)N1CC(Cn2ccnn2)C1. The maximum Gasteiger partial charge on any atom is 0.227 e. The molecule has 0 saturated carbocycles. The lowest BCUT2D eigenvalue weighted by Gasteiger charge is -2.39. The Morgan fingerprint density at radius 1 is 1.32 bits per heavy atom. The van der Waals surface area contributed by atoms with Crippen molar-refractivity contribution in [3.05, 3.63) is 48.4 Å². The predicted molar refractivity (Wildman–Crippen MR) is 82.1 cm³/mol. The highest BCUT2D eigenvalue weighted by Crippen LogP contribution is 2.22. The van der Waals surface area contributed by atoms with Crippen LogP contribution < -0.4 is 0 Å². The molecule has 1 aliphatic rings. The maximum atomic E-state index is 12.4. The van der Waals surface area contributed by atoms with E-state index in [4.69, 9.17) is 0 Å². The van der Waals surface area contributed by atoms with Crippen LogP contribution in [0, 0.1) is 5.92 Å². The lowest BCUT2D eigenvalue weighted by atomic mass is 9.99. The van der Waals surface area contributed by atoms with Crippen LogP contribution in [0.4, 0.5) is 0 Å². The summed E-state index contributed by atoms with van der Waals surface area (Å²) in [5.41, 5.74) is 2.15. The van der Waals surface area contributed by atoms with Crippen LogP contribution in [0.3, 0.4) is 0 Å². The number of likely N-dealkylation sites (tertiary alicyclic amines) is 1. The number of fused-ring (bicyclic) bond motifs is 1. The van der Waals surface area contributed by atoms with Gasteiger partial charge in [0.1, 0.15) is 0 Å². The highest BCUT2D eigenvalue weighted by Gasteiger charge is 2.31. The number of carbonyl (C=O) groups is 1. The van der Waals surface area contributed by atoms with Gasteiger partial charge >= 0.3 is 0 Å². The fourth-order valence-electron chi connectivity index (χ4n) is 3.04. The Morgan fingerprint density at radius 2 is 2.18 bits per heavy atom. The topological polar surface area (TPSA) is 66.8 Å². The molecule has 1 aromatic carbocycles. The van der Waals surface area contributed by atoms with Gasteiger partial charge in [0.15, 0.2) is 0 Å². The average Bonchev–Trinajstić information content (AvgIpc) is 3.12. The molecule has 112 valence electrons. The normalized spacial score (nSPS) is 15.2. The third kappa shape index (κ3) is 2.36. The number of nitrogens with zero attached hydrogens (tertiary/aromatic N) is 4. The molecule has 0 radical (unpaired) electrons. The minimum Gasteiger partial charge on any atom is -0.361 e. The number of H-pyrrole nitrogens is 1. The lowest BCUT2D eigenvalue weighted by molar-refractivity contribution is -0.137. The van der Waals surface area contributed by atoms with Gasteiger partial charge in [-0.1, -0.05) is 23.4 Å². The predicted octanol–water partition coefficient (Wildman–Crippen LogP) is 1.46. The van der Waals surface area contributed by atoms with Crippen molar-refractivity contribution >= 4 is 16.8 Å². The first-order valence-corrected chi connectivity index (χ1v) is 7.46. The van der Waals surface area contributed by atoms with Crippen molar-refractivity contribution in [2.75, 3.05) is 13.1 Å². The van der Waals surface area contributed by atoms with Crippen LogP contribution in [0.25, 0.3) is 10.9 Å². The zero-order valence-electron chi connectivity index (χ0n) is 12.1. The summed E-state index contributed by atoms with van der Waals surface area (Å²) >= 11 is 0. The molecule has 0 atom stereocenters. The van der Waals surface area contributed by atoms with Crippen molar-refractivity contribution in [1.29, 1.82) is 0 Å². The van der Waals surface area contributed by atoms with E-state index in [9.17, 15) is 4.79 Å². The number of nitrogens with one attached hydrogen (secondary N) is 1. The minimum atomic E-state index is 0.194. The fourth-order valence-corrected chi connectivity index (χ4v) is 3.04. The van der Waals surface area contributed by atoms with Gasteiger partial charge in [0.05, 0.1) is 12.6 Å². The van der Waals surface area contributed by atoms with E-state index >= 15 is 0 Å². The molecular weight excluding hydrogens is 278 g/mol. The van der Waals surface area contributed by atoms with Crippen LogP contribution in [0.15, 0.2) is 42.9 Å². The molecule has 6 heteroatoms. The Kier molecular flexibility index (Phi) is 3.14. The third-order valence-corrected chi connectivity index (χ3v) is 4.24. The average molecular weight is 295 g/mol. The van der Waals surface area contributed by atoms with E-state index in [1.807, 2.05) is 40.2 Å². The molecule has 0 unspecified atom stereocenters. The number of rotatable bonds is 4. The van der Waals surface area contributed by atoms with E-state index in [-0.39, 0.29) is 5.91 Å². The molecule has 0 bridgehead atoms. The molecule has 6 nitrogen and oxygen atoms in total. The summed E-state index contributed by atoms with van der Waals surface area (Å²) in [7, 11) is 0. The Morgan fingerprint density at radius 3 is 3.00 bits per heavy atom. The first-order valence-electron chi connectivity index (χ1n) is 7.46. The summed E-state index contributed by atoms with van der Waals surface area (Å²) in [5, 5.41) is 8.89. The van der Waals surface area contributed by atoms with Gasteiger partial charge in [-0.05, 0) is 11.6 Å². The summed E-state index contributed by atoms with van der Waals surface area (Å²) in [6, 6.07) is 8.08. The van der Waals surface area contributed by atoms with Crippen LogP contribution in [0.1, 0.15) is 5.56 Å². The molecule has 22 heavy (non-hydrogen) atoms. The smallest absolute Gasteiger partial charge is 0.227 e. The van der Waals surface area contributed by atoms with Crippen molar-refractivity contribution < 1.29 is 4.79 Å². The van der Waals surface area contributed by atoms with Crippen molar-refractivity contribution in [3.8, 4) is 0 Å². The van der Waals surface area contributed by atoms with Gasteiger partial charge in [-0.3, -0.25) is 9.48 Å². The standard InChI is InChI=1S/C16H17N5O/c22-16(7-13-8-17-15-4-2-1-3-14(13)15)20-9-12(10-20)11-21-6-5-18-19-21/h1-6,8,12,17H,7,9-11H2. The minimum absolute atomic E-state index is 0.194. The highest BCUT2D eigenvalue weighted by atomic mass is 16.2. The van der Waals surface area contributed by atoms with E-state index in [2.05, 4.69) is 21.4 Å². The van der Waals surface area contributed by atoms with Crippen molar-refractivity contribution in [2.24, 2.45) is 5.92 Å². The van der Waals surface area contributed by atoms with Gasteiger partial charge in [-0.2, -0.15) is 0 Å². The molecule has 1 N–H and O–H groups in total. The zero-order valence-corrected chi connectivity index (χ0v) is 12.1. The molecule has 3 heterocycles. The summed E-state index contributed by atoms with van der Waals surface area (Å²) in [4.78, 5) is 17.5. The summed E-state index contributed by atoms with van der Waals surface area (Å²) < 4.78 is 1.83. The van der Waals surface area contributed by atoms with Crippen LogP contribution in [-0.2, 0) is 17.8 Å². The largest absolute Gasteiger partial charge is 0.361 e. The van der Waals surface area contributed by atoms with Gasteiger partial charge < -0.3 is 9.88 Å². The molecule has 3 aromatic rings. The number of carbonyl (C=O) groups excluding carboxylic acids is 1. The molecule has 4 rings (SSSR count). The number of amides is 1. The Balaban J connectivity index is 1.36. The summed E-state index contributed by atoms with van der Waals surface area (Å²) in [5.74, 6) is 0.674. The monoisotopic (exact) mass is 295 g/mol. The van der Waals surface area contributed by atoms with E-state index in [0.29, 0.717) is 12.3 Å². The number of benzene rings is 1. The third-order valence-electron chi connectivity index (χ3n) is 4.24. The quantitative estimate of drug-likeness (QED) is 0.792. The molecule has 0 spiro atoms. The first-order chi connectivity index (χ1) is 10.8. The second-order valence-corrected chi connectivity index (χ2v) is 5.83.